The quantitative estimate of drug-likeness (QED) is 0.689. The van der Waals surface area contributed by atoms with Crippen LogP contribution in [-0.2, 0) is 11.3 Å². The van der Waals surface area contributed by atoms with Gasteiger partial charge in [0.25, 0.3) is 0 Å². The smallest absolute Gasteiger partial charge is 0.0898 e. The summed E-state index contributed by atoms with van der Waals surface area (Å²) in [7, 11) is 2.13. The van der Waals surface area contributed by atoms with Gasteiger partial charge in [-0.3, -0.25) is 4.68 Å². The zero-order valence-corrected chi connectivity index (χ0v) is 8.81. The molecule has 1 aromatic rings. The molecule has 2 rings (SSSR count). The van der Waals surface area contributed by atoms with Crippen LogP contribution in [0.15, 0.2) is 12.3 Å². The molecule has 4 heteroatoms. The van der Waals surface area contributed by atoms with E-state index in [1.165, 1.54) is 5.69 Å². The molecule has 0 aromatic carbocycles. The lowest BCUT2D eigenvalue weighted by Gasteiger charge is -2.30. The Labute approximate surface area is 84.5 Å². The van der Waals surface area contributed by atoms with Crippen molar-refractivity contribution in [3.63, 3.8) is 0 Å². The zero-order chi connectivity index (χ0) is 9.97. The fourth-order valence-electron chi connectivity index (χ4n) is 1.76. The Balaban J connectivity index is 1.94. The van der Waals surface area contributed by atoms with Crippen LogP contribution in [0.1, 0.15) is 5.69 Å². The highest BCUT2D eigenvalue weighted by Crippen LogP contribution is 2.06. The topological polar surface area (TPSA) is 30.3 Å². The number of nitrogens with zero attached hydrogens (tertiary/aromatic N) is 3. The van der Waals surface area contributed by atoms with Gasteiger partial charge in [0.05, 0.1) is 19.3 Å². The van der Waals surface area contributed by atoms with Crippen molar-refractivity contribution >= 4 is 0 Å². The number of hydrogen-bond acceptors (Lipinski definition) is 3. The van der Waals surface area contributed by atoms with Crippen LogP contribution in [0.25, 0.3) is 0 Å². The molecule has 1 saturated heterocycles. The molecule has 1 fully saturated rings. The maximum Gasteiger partial charge on any atom is 0.0898 e. The lowest BCUT2D eigenvalue weighted by molar-refractivity contribution is -0.0293. The fraction of sp³-hybridized carbons (Fsp3) is 0.700. The molecule has 2 heterocycles. The molecule has 0 N–H and O–H groups in total. The predicted molar refractivity (Wildman–Crippen MR) is 54.2 cm³/mol. The third-order valence-corrected chi connectivity index (χ3v) is 2.65. The van der Waals surface area contributed by atoms with Gasteiger partial charge in [0.1, 0.15) is 0 Å². The predicted octanol–water partition coefficient (Wildman–Crippen LogP) is 0.522. The van der Waals surface area contributed by atoms with E-state index in [0.717, 1.165) is 26.2 Å². The van der Waals surface area contributed by atoms with Crippen LogP contribution in [0.3, 0.4) is 0 Å². The molecule has 1 atom stereocenters. The number of aryl methyl sites for hydroxylation is 1. The van der Waals surface area contributed by atoms with E-state index in [2.05, 4.69) is 24.0 Å². The average Bonchev–Trinajstić information content (AvgIpc) is 2.52. The van der Waals surface area contributed by atoms with Gasteiger partial charge in [-0.05, 0) is 20.0 Å². The van der Waals surface area contributed by atoms with Crippen molar-refractivity contribution < 1.29 is 4.74 Å². The van der Waals surface area contributed by atoms with E-state index in [4.69, 9.17) is 4.74 Å². The van der Waals surface area contributed by atoms with Gasteiger partial charge in [-0.2, -0.15) is 5.10 Å². The number of rotatable bonds is 2. The summed E-state index contributed by atoms with van der Waals surface area (Å²) in [6, 6.07) is 2.02. The van der Waals surface area contributed by atoms with Gasteiger partial charge in [0, 0.05) is 25.0 Å². The summed E-state index contributed by atoms with van der Waals surface area (Å²) in [5.74, 6) is 0. The number of likely N-dealkylation sites (N-methyl/N-ethyl adjacent to an activating group) is 1. The molecule has 0 amide bonds. The lowest BCUT2D eigenvalue weighted by Crippen LogP contribution is -2.42. The van der Waals surface area contributed by atoms with E-state index in [9.17, 15) is 0 Å². The van der Waals surface area contributed by atoms with Gasteiger partial charge in [-0.1, -0.05) is 0 Å². The van der Waals surface area contributed by atoms with Crippen molar-refractivity contribution in [3.8, 4) is 0 Å². The van der Waals surface area contributed by atoms with Crippen LogP contribution in [0.2, 0.25) is 0 Å². The van der Waals surface area contributed by atoms with Crippen LogP contribution >= 0.6 is 0 Å². The summed E-state index contributed by atoms with van der Waals surface area (Å²) in [4.78, 5) is 2.30. The molecule has 14 heavy (non-hydrogen) atoms. The summed E-state index contributed by atoms with van der Waals surface area (Å²) in [6.45, 7) is 5.80. The minimum atomic E-state index is 0.285. The Hall–Kier alpha value is -0.870. The molecule has 0 radical (unpaired) electrons. The molecule has 0 bridgehead atoms. The Morgan fingerprint density at radius 3 is 3.14 bits per heavy atom. The summed E-state index contributed by atoms with van der Waals surface area (Å²) in [5.41, 5.74) is 1.20. The third-order valence-electron chi connectivity index (χ3n) is 2.65. The molecule has 0 aliphatic carbocycles. The molecule has 1 aromatic heterocycles. The van der Waals surface area contributed by atoms with Crippen LogP contribution in [0, 0.1) is 6.92 Å². The number of hydrogen-bond donors (Lipinski definition) is 0. The summed E-state index contributed by atoms with van der Waals surface area (Å²) in [6.07, 6.45) is 2.12. The highest BCUT2D eigenvalue weighted by Gasteiger charge is 2.18. The molecule has 1 aliphatic heterocycles. The van der Waals surface area contributed by atoms with Gasteiger partial charge in [-0.25, -0.2) is 0 Å². The highest BCUT2D eigenvalue weighted by molar-refractivity contribution is 4.96. The van der Waals surface area contributed by atoms with E-state index in [-0.39, 0.29) is 6.10 Å². The minimum Gasteiger partial charge on any atom is -0.374 e. The van der Waals surface area contributed by atoms with Crippen LogP contribution < -0.4 is 0 Å². The first-order valence-corrected chi connectivity index (χ1v) is 5.04. The van der Waals surface area contributed by atoms with Crippen LogP contribution in [0.4, 0.5) is 0 Å². The van der Waals surface area contributed by atoms with E-state index in [0.29, 0.717) is 0 Å². The summed E-state index contributed by atoms with van der Waals surface area (Å²) < 4.78 is 7.68. The molecule has 1 unspecified atom stereocenters. The first-order valence-electron chi connectivity index (χ1n) is 5.04. The third kappa shape index (κ3) is 2.13. The second-order valence-electron chi connectivity index (χ2n) is 3.91. The molecular formula is C10H17N3O. The Morgan fingerprint density at radius 2 is 2.50 bits per heavy atom. The Morgan fingerprint density at radius 1 is 1.64 bits per heavy atom. The normalized spacial score (nSPS) is 24.0. The summed E-state index contributed by atoms with van der Waals surface area (Å²) in [5, 5.41) is 4.25. The van der Waals surface area contributed by atoms with Crippen molar-refractivity contribution in [2.75, 3.05) is 26.7 Å². The van der Waals surface area contributed by atoms with Gasteiger partial charge < -0.3 is 9.64 Å². The SMILES string of the molecule is Cc1ccnn1CC1CN(C)CCO1. The molecular weight excluding hydrogens is 178 g/mol. The molecule has 0 spiro atoms. The van der Waals surface area contributed by atoms with Gasteiger partial charge in [-0.15, -0.1) is 0 Å². The van der Waals surface area contributed by atoms with E-state index in [1.54, 1.807) is 0 Å². The largest absolute Gasteiger partial charge is 0.374 e. The van der Waals surface area contributed by atoms with Crippen LogP contribution in [-0.4, -0.2) is 47.5 Å². The Bertz CT molecular complexity index is 297. The molecule has 1 aliphatic rings. The summed E-state index contributed by atoms with van der Waals surface area (Å²) >= 11 is 0. The maximum absolute atomic E-state index is 5.67. The molecule has 4 nitrogen and oxygen atoms in total. The van der Waals surface area contributed by atoms with Crippen molar-refractivity contribution in [1.82, 2.24) is 14.7 Å². The zero-order valence-electron chi connectivity index (χ0n) is 8.81. The fourth-order valence-corrected chi connectivity index (χ4v) is 1.76. The first-order chi connectivity index (χ1) is 6.75. The minimum absolute atomic E-state index is 0.285. The van der Waals surface area contributed by atoms with E-state index in [1.807, 2.05) is 16.9 Å². The second kappa shape index (κ2) is 4.11. The van der Waals surface area contributed by atoms with Crippen molar-refractivity contribution in [2.45, 2.75) is 19.6 Å². The number of morpholine rings is 1. The number of ether oxygens (including phenoxy) is 1. The highest BCUT2D eigenvalue weighted by atomic mass is 16.5. The van der Waals surface area contributed by atoms with Gasteiger partial charge in [0.2, 0.25) is 0 Å². The number of aromatic nitrogens is 2. The van der Waals surface area contributed by atoms with Crippen molar-refractivity contribution in [1.29, 1.82) is 0 Å². The standard InChI is InChI=1S/C10H17N3O/c1-9-3-4-11-13(9)8-10-7-12(2)5-6-14-10/h3-4,10H,5-8H2,1-2H3. The van der Waals surface area contributed by atoms with Gasteiger partial charge in [0.15, 0.2) is 0 Å². The van der Waals surface area contributed by atoms with Crippen molar-refractivity contribution in [3.05, 3.63) is 18.0 Å². The molecule has 78 valence electrons. The Kier molecular flexibility index (Phi) is 2.84. The first kappa shape index (κ1) is 9.68. The van der Waals surface area contributed by atoms with E-state index >= 15 is 0 Å². The maximum atomic E-state index is 5.67. The van der Waals surface area contributed by atoms with E-state index < -0.39 is 0 Å². The van der Waals surface area contributed by atoms with Crippen LogP contribution in [0.5, 0.6) is 0 Å². The van der Waals surface area contributed by atoms with Crippen molar-refractivity contribution in [2.24, 2.45) is 0 Å². The molecule has 0 saturated carbocycles. The monoisotopic (exact) mass is 195 g/mol. The second-order valence-corrected chi connectivity index (χ2v) is 3.91. The average molecular weight is 195 g/mol. The lowest BCUT2D eigenvalue weighted by atomic mass is 10.3. The van der Waals surface area contributed by atoms with Gasteiger partial charge >= 0.3 is 0 Å².